The first-order valence-corrected chi connectivity index (χ1v) is 7.29. The van der Waals surface area contributed by atoms with Gasteiger partial charge < -0.3 is 5.11 Å². The second-order valence-electron chi connectivity index (χ2n) is 5.06. The van der Waals surface area contributed by atoms with Crippen molar-refractivity contribution in [2.75, 3.05) is 13.2 Å². The van der Waals surface area contributed by atoms with E-state index in [1.54, 1.807) is 11.3 Å². The Balaban J connectivity index is 1.80. The van der Waals surface area contributed by atoms with E-state index in [1.165, 1.54) is 11.1 Å². The minimum atomic E-state index is 0.256. The maximum Gasteiger partial charge on any atom is 0.108 e. The predicted octanol–water partition coefficient (Wildman–Crippen LogP) is 2.50. The minimum Gasteiger partial charge on any atom is -0.395 e. The Morgan fingerprint density at radius 2 is 2.28 bits per heavy atom. The molecule has 3 nitrogen and oxygen atoms in total. The number of fused-ring (bicyclic) bond motifs is 1. The van der Waals surface area contributed by atoms with E-state index in [4.69, 9.17) is 0 Å². The molecule has 0 bridgehead atoms. The number of thiazole rings is 1. The highest BCUT2D eigenvalue weighted by Gasteiger charge is 2.30. The molecule has 18 heavy (non-hydrogen) atoms. The van der Waals surface area contributed by atoms with Crippen LogP contribution in [0, 0.1) is 5.92 Å². The van der Waals surface area contributed by atoms with Crippen LogP contribution in [-0.2, 0) is 6.54 Å². The molecule has 0 radical (unpaired) electrons. The monoisotopic (exact) mass is 262 g/mol. The molecule has 2 atom stereocenters. The van der Waals surface area contributed by atoms with E-state index < -0.39 is 0 Å². The normalized spacial score (nSPS) is 25.0. The van der Waals surface area contributed by atoms with Gasteiger partial charge in [-0.3, -0.25) is 4.90 Å². The Labute approximate surface area is 111 Å². The van der Waals surface area contributed by atoms with Crippen LogP contribution in [0.15, 0.2) is 24.3 Å². The molecule has 0 saturated carbocycles. The van der Waals surface area contributed by atoms with Crippen LogP contribution in [0.4, 0.5) is 0 Å². The molecule has 0 aliphatic carbocycles. The smallest absolute Gasteiger partial charge is 0.108 e. The van der Waals surface area contributed by atoms with Crippen LogP contribution < -0.4 is 0 Å². The summed E-state index contributed by atoms with van der Waals surface area (Å²) in [5, 5.41) is 10.6. The van der Waals surface area contributed by atoms with Crippen LogP contribution in [-0.4, -0.2) is 34.2 Å². The van der Waals surface area contributed by atoms with Gasteiger partial charge in [-0.2, -0.15) is 0 Å². The summed E-state index contributed by atoms with van der Waals surface area (Å²) in [6.45, 7) is 4.42. The van der Waals surface area contributed by atoms with Crippen molar-refractivity contribution in [3.05, 3.63) is 29.3 Å². The van der Waals surface area contributed by atoms with Crippen molar-refractivity contribution in [1.29, 1.82) is 0 Å². The van der Waals surface area contributed by atoms with E-state index in [0.717, 1.165) is 23.6 Å². The van der Waals surface area contributed by atoms with E-state index in [0.29, 0.717) is 12.0 Å². The van der Waals surface area contributed by atoms with Crippen molar-refractivity contribution in [3.8, 4) is 0 Å². The summed E-state index contributed by atoms with van der Waals surface area (Å²) in [6, 6.07) is 8.56. The number of benzene rings is 1. The number of hydrogen-bond donors (Lipinski definition) is 1. The maximum atomic E-state index is 9.47. The summed E-state index contributed by atoms with van der Waals surface area (Å²) in [5.41, 5.74) is 1.09. The average molecular weight is 262 g/mol. The van der Waals surface area contributed by atoms with Crippen molar-refractivity contribution in [2.24, 2.45) is 5.92 Å². The molecule has 1 aromatic heterocycles. The molecule has 1 saturated heterocycles. The van der Waals surface area contributed by atoms with Crippen molar-refractivity contribution >= 4 is 21.6 Å². The lowest BCUT2D eigenvalue weighted by Gasteiger charge is -2.23. The molecule has 4 heteroatoms. The third-order valence-corrected chi connectivity index (χ3v) is 4.88. The molecule has 3 rings (SSSR count). The maximum absolute atomic E-state index is 9.47. The molecule has 96 valence electrons. The highest BCUT2D eigenvalue weighted by molar-refractivity contribution is 7.18. The van der Waals surface area contributed by atoms with Crippen molar-refractivity contribution in [2.45, 2.75) is 25.9 Å². The number of aromatic nitrogens is 1. The zero-order valence-corrected chi connectivity index (χ0v) is 11.4. The average Bonchev–Trinajstić information content (AvgIpc) is 2.93. The number of aliphatic hydroxyl groups excluding tert-OH is 1. The Morgan fingerprint density at radius 1 is 1.44 bits per heavy atom. The molecule has 2 aromatic rings. The molecule has 1 aliphatic rings. The molecule has 1 N–H and O–H groups in total. The summed E-state index contributed by atoms with van der Waals surface area (Å²) in [5.74, 6) is 0.587. The van der Waals surface area contributed by atoms with Gasteiger partial charge in [0.05, 0.1) is 23.4 Å². The van der Waals surface area contributed by atoms with Gasteiger partial charge >= 0.3 is 0 Å². The van der Waals surface area contributed by atoms with E-state index in [2.05, 4.69) is 35.0 Å². The van der Waals surface area contributed by atoms with Gasteiger partial charge in [-0.25, -0.2) is 4.98 Å². The molecule has 1 aromatic carbocycles. The largest absolute Gasteiger partial charge is 0.395 e. The Morgan fingerprint density at radius 3 is 3.06 bits per heavy atom. The van der Waals surface area contributed by atoms with Crippen molar-refractivity contribution in [1.82, 2.24) is 9.88 Å². The molecular formula is C14H18N2OS. The second-order valence-corrected chi connectivity index (χ2v) is 6.18. The van der Waals surface area contributed by atoms with E-state index >= 15 is 0 Å². The number of likely N-dealkylation sites (tertiary alicyclic amines) is 1. The predicted molar refractivity (Wildman–Crippen MR) is 74.7 cm³/mol. The summed E-state index contributed by atoms with van der Waals surface area (Å²) in [6.07, 6.45) is 1.18. The third kappa shape index (κ3) is 2.16. The molecule has 0 amide bonds. The Kier molecular flexibility index (Phi) is 3.33. The number of aliphatic hydroxyl groups is 1. The van der Waals surface area contributed by atoms with Gasteiger partial charge in [0.2, 0.25) is 0 Å². The highest BCUT2D eigenvalue weighted by Crippen LogP contribution is 2.28. The van der Waals surface area contributed by atoms with Gasteiger partial charge in [-0.05, 0) is 31.0 Å². The minimum absolute atomic E-state index is 0.256. The van der Waals surface area contributed by atoms with Crippen LogP contribution in [0.3, 0.4) is 0 Å². The van der Waals surface area contributed by atoms with Crippen molar-refractivity contribution in [3.63, 3.8) is 0 Å². The summed E-state index contributed by atoms with van der Waals surface area (Å²) in [7, 11) is 0. The van der Waals surface area contributed by atoms with Gasteiger partial charge in [0.15, 0.2) is 0 Å². The van der Waals surface area contributed by atoms with Crippen LogP contribution >= 0.6 is 11.3 Å². The first-order valence-electron chi connectivity index (χ1n) is 6.47. The van der Waals surface area contributed by atoms with E-state index in [1.807, 2.05) is 6.07 Å². The molecule has 1 fully saturated rings. The standard InChI is InChI=1S/C14H18N2OS/c1-10-6-7-16(12(10)9-17)8-14-15-11-4-2-3-5-13(11)18-14/h2-5,10,12,17H,6-9H2,1H3. The zero-order valence-electron chi connectivity index (χ0n) is 10.5. The molecule has 2 heterocycles. The number of nitrogens with zero attached hydrogens (tertiary/aromatic N) is 2. The van der Waals surface area contributed by atoms with Gasteiger partial charge in [-0.15, -0.1) is 11.3 Å². The van der Waals surface area contributed by atoms with Crippen LogP contribution in [0.25, 0.3) is 10.2 Å². The van der Waals surface area contributed by atoms with Gasteiger partial charge in [0, 0.05) is 6.04 Å². The number of rotatable bonds is 3. The van der Waals surface area contributed by atoms with Gasteiger partial charge in [-0.1, -0.05) is 19.1 Å². The lowest BCUT2D eigenvalue weighted by Crippen LogP contribution is -2.34. The first-order chi connectivity index (χ1) is 8.78. The summed E-state index contributed by atoms with van der Waals surface area (Å²) in [4.78, 5) is 7.03. The number of para-hydroxylation sites is 1. The third-order valence-electron chi connectivity index (χ3n) is 3.86. The first kappa shape index (κ1) is 12.1. The molecule has 1 aliphatic heterocycles. The molecule has 2 unspecified atom stereocenters. The quantitative estimate of drug-likeness (QED) is 0.923. The Hall–Kier alpha value is -0.970. The van der Waals surface area contributed by atoms with Gasteiger partial charge in [0.25, 0.3) is 0 Å². The summed E-state index contributed by atoms with van der Waals surface area (Å²) >= 11 is 1.76. The van der Waals surface area contributed by atoms with Gasteiger partial charge in [0.1, 0.15) is 5.01 Å². The fourth-order valence-electron chi connectivity index (χ4n) is 2.74. The van der Waals surface area contributed by atoms with Crippen LogP contribution in [0.2, 0.25) is 0 Å². The summed E-state index contributed by atoms with van der Waals surface area (Å²) < 4.78 is 1.25. The SMILES string of the molecule is CC1CCN(Cc2nc3ccccc3s2)C1CO. The zero-order chi connectivity index (χ0) is 12.5. The van der Waals surface area contributed by atoms with Crippen LogP contribution in [0.5, 0.6) is 0 Å². The molecular weight excluding hydrogens is 244 g/mol. The topological polar surface area (TPSA) is 36.4 Å². The fraction of sp³-hybridized carbons (Fsp3) is 0.500. The van der Waals surface area contributed by atoms with E-state index in [-0.39, 0.29) is 6.61 Å². The second kappa shape index (κ2) is 4.96. The molecule has 0 spiro atoms. The highest BCUT2D eigenvalue weighted by atomic mass is 32.1. The Bertz CT molecular complexity index is 506. The lowest BCUT2D eigenvalue weighted by atomic mass is 10.0. The van der Waals surface area contributed by atoms with E-state index in [9.17, 15) is 5.11 Å². The van der Waals surface area contributed by atoms with Crippen molar-refractivity contribution < 1.29 is 5.11 Å². The number of hydrogen-bond acceptors (Lipinski definition) is 4. The van der Waals surface area contributed by atoms with Crippen LogP contribution in [0.1, 0.15) is 18.4 Å². The lowest BCUT2D eigenvalue weighted by molar-refractivity contribution is 0.134. The fourth-order valence-corrected chi connectivity index (χ4v) is 3.73.